The third-order valence-electron chi connectivity index (χ3n) is 6.85. The molecule has 3 heterocycles. The lowest BCUT2D eigenvalue weighted by Crippen LogP contribution is -2.55. The second-order valence-electron chi connectivity index (χ2n) is 10.0. The number of fused-ring (bicyclic) bond motifs is 1. The standard InChI is InChI=1S/C25H33F3N6O7/c26-25(27,28)9-8-20(36)32-16-4-1-2-10-30-19(35)7-6-17(24(40)41)33-22(38)18-12-14(13-34(18)23(16)39)31-21(37)15-5-3-11-29-15/h3,5,11,14,16-18,29H,1-2,4,6-10,12-13H2,(H,30,35)(H,31,37)(H,32,36)(H,33,38)(H,40,41)/t14-,16+,17+,18+/m1/s1. The first-order chi connectivity index (χ1) is 19.3. The Bertz CT molecular complexity index is 1130. The van der Waals surface area contributed by atoms with E-state index in [2.05, 4.69) is 26.3 Å². The lowest BCUT2D eigenvalue weighted by Gasteiger charge is -2.29. The summed E-state index contributed by atoms with van der Waals surface area (Å²) >= 11 is 0. The van der Waals surface area contributed by atoms with E-state index in [0.29, 0.717) is 12.8 Å². The van der Waals surface area contributed by atoms with Crippen molar-refractivity contribution in [3.8, 4) is 0 Å². The molecule has 0 aromatic carbocycles. The van der Waals surface area contributed by atoms with Gasteiger partial charge in [-0.05, 0) is 44.2 Å². The maximum Gasteiger partial charge on any atom is 0.389 e. The molecule has 3 rings (SSSR count). The van der Waals surface area contributed by atoms with Crippen LogP contribution >= 0.6 is 0 Å². The average molecular weight is 587 g/mol. The van der Waals surface area contributed by atoms with E-state index in [9.17, 15) is 47.0 Å². The highest BCUT2D eigenvalue weighted by molar-refractivity contribution is 5.95. The first-order valence-electron chi connectivity index (χ1n) is 13.2. The van der Waals surface area contributed by atoms with Crippen molar-refractivity contribution in [3.63, 3.8) is 0 Å². The number of nitrogens with zero attached hydrogens (tertiary/aromatic N) is 1. The van der Waals surface area contributed by atoms with Crippen molar-refractivity contribution in [2.75, 3.05) is 13.1 Å². The fraction of sp³-hybridized carbons (Fsp3) is 0.600. The second kappa shape index (κ2) is 14.0. The minimum absolute atomic E-state index is 0.00848. The van der Waals surface area contributed by atoms with E-state index in [1.54, 1.807) is 6.07 Å². The van der Waals surface area contributed by atoms with Gasteiger partial charge in [-0.2, -0.15) is 13.2 Å². The molecular weight excluding hydrogens is 553 g/mol. The fourth-order valence-corrected chi connectivity index (χ4v) is 4.74. The van der Waals surface area contributed by atoms with Crippen LogP contribution in [-0.2, 0) is 24.0 Å². The Morgan fingerprint density at radius 2 is 1.85 bits per heavy atom. The maximum absolute atomic E-state index is 13.7. The van der Waals surface area contributed by atoms with Crippen molar-refractivity contribution in [2.24, 2.45) is 0 Å². The van der Waals surface area contributed by atoms with Gasteiger partial charge in [0.2, 0.25) is 23.6 Å². The third kappa shape index (κ3) is 9.49. The molecule has 1 aromatic rings. The van der Waals surface area contributed by atoms with Crippen molar-refractivity contribution < 1.29 is 47.0 Å². The molecule has 1 aromatic heterocycles. The molecule has 0 bridgehead atoms. The zero-order chi connectivity index (χ0) is 30.2. The molecule has 0 unspecified atom stereocenters. The van der Waals surface area contributed by atoms with Gasteiger partial charge < -0.3 is 36.3 Å². The second-order valence-corrected chi connectivity index (χ2v) is 10.0. The minimum Gasteiger partial charge on any atom is -0.480 e. The summed E-state index contributed by atoms with van der Waals surface area (Å²) in [7, 11) is 0. The molecule has 4 atom stereocenters. The number of aliphatic carboxylic acids is 1. The first-order valence-corrected chi connectivity index (χ1v) is 13.2. The molecule has 2 fully saturated rings. The highest BCUT2D eigenvalue weighted by Crippen LogP contribution is 2.23. The number of H-pyrrole nitrogens is 1. The van der Waals surface area contributed by atoms with Crippen molar-refractivity contribution in [3.05, 3.63) is 24.0 Å². The molecule has 2 aliphatic rings. The van der Waals surface area contributed by atoms with Crippen LogP contribution in [-0.4, -0.2) is 93.9 Å². The van der Waals surface area contributed by atoms with E-state index < -0.39 is 78.7 Å². The first kappa shape index (κ1) is 31.4. The average Bonchev–Trinajstić information content (AvgIpc) is 3.58. The van der Waals surface area contributed by atoms with Crippen molar-refractivity contribution >= 4 is 35.5 Å². The number of hydrogen-bond acceptors (Lipinski definition) is 6. The topological polar surface area (TPSA) is 190 Å². The van der Waals surface area contributed by atoms with E-state index in [4.69, 9.17) is 0 Å². The van der Waals surface area contributed by atoms with Gasteiger partial charge in [0.1, 0.15) is 23.8 Å². The Kier molecular flexibility index (Phi) is 10.7. The van der Waals surface area contributed by atoms with Crippen LogP contribution in [0.4, 0.5) is 13.2 Å². The maximum atomic E-state index is 13.7. The number of hydrogen-bond donors (Lipinski definition) is 6. The van der Waals surface area contributed by atoms with Crippen LogP contribution in [0.1, 0.15) is 61.9 Å². The number of alkyl halides is 3. The number of nitrogens with one attached hydrogen (secondary N) is 5. The Hall–Kier alpha value is -4.11. The summed E-state index contributed by atoms with van der Waals surface area (Å²) in [5, 5.41) is 19.6. The number of carboxylic acid groups (broad SMARTS) is 1. The smallest absolute Gasteiger partial charge is 0.389 e. The summed E-state index contributed by atoms with van der Waals surface area (Å²) in [5.74, 6) is -4.95. The minimum atomic E-state index is -4.58. The highest BCUT2D eigenvalue weighted by Gasteiger charge is 2.43. The van der Waals surface area contributed by atoms with Gasteiger partial charge in [-0.15, -0.1) is 0 Å². The van der Waals surface area contributed by atoms with Gasteiger partial charge in [0.25, 0.3) is 5.91 Å². The van der Waals surface area contributed by atoms with E-state index in [0.717, 1.165) is 4.90 Å². The normalized spacial score (nSPS) is 24.8. The predicted molar refractivity (Wildman–Crippen MR) is 135 cm³/mol. The number of rotatable bonds is 6. The summed E-state index contributed by atoms with van der Waals surface area (Å²) in [6.07, 6.45) is -5.15. The van der Waals surface area contributed by atoms with Crippen LogP contribution in [0.5, 0.6) is 0 Å². The third-order valence-corrected chi connectivity index (χ3v) is 6.85. The lowest BCUT2D eigenvalue weighted by atomic mass is 10.1. The number of carboxylic acids is 1. The van der Waals surface area contributed by atoms with Gasteiger partial charge in [-0.3, -0.25) is 24.0 Å². The molecule has 0 spiro atoms. The fourth-order valence-electron chi connectivity index (χ4n) is 4.74. The van der Waals surface area contributed by atoms with Crippen molar-refractivity contribution in [1.29, 1.82) is 0 Å². The van der Waals surface area contributed by atoms with Crippen LogP contribution < -0.4 is 21.3 Å². The van der Waals surface area contributed by atoms with Gasteiger partial charge >= 0.3 is 12.1 Å². The largest absolute Gasteiger partial charge is 0.480 e. The number of halogens is 3. The summed E-state index contributed by atoms with van der Waals surface area (Å²) in [5.41, 5.74) is 0.226. The Labute approximate surface area is 233 Å². The molecule has 0 radical (unpaired) electrons. The SMILES string of the molecule is O=C1CC[C@@H](C(=O)O)NC(=O)[C@@H]2C[C@@H](NC(=O)c3ccc[nH]3)CN2C(=O)[C@@H](NC(=O)CCC(F)(F)F)CCCCN1. The summed E-state index contributed by atoms with van der Waals surface area (Å²) in [6, 6.07) is -1.61. The lowest BCUT2D eigenvalue weighted by molar-refractivity contribution is -0.147. The molecule has 0 saturated carbocycles. The van der Waals surface area contributed by atoms with Gasteiger partial charge in [-0.25, -0.2) is 4.79 Å². The summed E-state index contributed by atoms with van der Waals surface area (Å²) < 4.78 is 38.0. The number of aromatic amines is 1. The number of carbonyl (C=O) groups excluding carboxylic acids is 5. The molecule has 226 valence electrons. The van der Waals surface area contributed by atoms with E-state index in [-0.39, 0.29) is 44.5 Å². The number of aromatic nitrogens is 1. The Balaban J connectivity index is 1.86. The van der Waals surface area contributed by atoms with Crippen LogP contribution in [0, 0.1) is 0 Å². The highest BCUT2D eigenvalue weighted by atomic mass is 19.4. The molecule has 13 nitrogen and oxygen atoms in total. The van der Waals surface area contributed by atoms with E-state index in [1.807, 2.05) is 0 Å². The molecule has 5 amide bonds. The quantitative estimate of drug-likeness (QED) is 0.274. The summed E-state index contributed by atoms with van der Waals surface area (Å²) in [6.45, 7) is 0.0150. The number of amides is 5. The van der Waals surface area contributed by atoms with Crippen molar-refractivity contribution in [2.45, 2.75) is 81.7 Å². The number of carbonyl (C=O) groups is 6. The van der Waals surface area contributed by atoms with Crippen molar-refractivity contribution in [1.82, 2.24) is 31.2 Å². The Morgan fingerprint density at radius 1 is 1.10 bits per heavy atom. The zero-order valence-electron chi connectivity index (χ0n) is 22.1. The molecule has 0 aliphatic carbocycles. The molecule has 2 saturated heterocycles. The molecule has 16 heteroatoms. The molecular formula is C25H33F3N6O7. The van der Waals surface area contributed by atoms with E-state index >= 15 is 0 Å². The zero-order valence-corrected chi connectivity index (χ0v) is 22.1. The van der Waals surface area contributed by atoms with Gasteiger partial charge in [-0.1, -0.05) is 0 Å². The monoisotopic (exact) mass is 586 g/mol. The van der Waals surface area contributed by atoms with Crippen LogP contribution in [0.25, 0.3) is 0 Å². The Morgan fingerprint density at radius 3 is 2.51 bits per heavy atom. The predicted octanol–water partition coefficient (Wildman–Crippen LogP) is 0.191. The van der Waals surface area contributed by atoms with Gasteiger partial charge in [0.15, 0.2) is 0 Å². The van der Waals surface area contributed by atoms with Gasteiger partial charge in [0, 0.05) is 38.2 Å². The van der Waals surface area contributed by atoms with Crippen LogP contribution in [0.3, 0.4) is 0 Å². The van der Waals surface area contributed by atoms with Gasteiger partial charge in [0.05, 0.1) is 6.42 Å². The molecule has 2 aliphatic heterocycles. The molecule has 41 heavy (non-hydrogen) atoms. The van der Waals surface area contributed by atoms with Crippen LogP contribution in [0.15, 0.2) is 18.3 Å². The summed E-state index contributed by atoms with van der Waals surface area (Å²) in [4.78, 5) is 79.7. The van der Waals surface area contributed by atoms with Crippen LogP contribution in [0.2, 0.25) is 0 Å². The van der Waals surface area contributed by atoms with E-state index in [1.165, 1.54) is 12.3 Å². The molecule has 6 N–H and O–H groups in total.